The maximum absolute atomic E-state index is 7.32. The first-order valence-corrected chi connectivity index (χ1v) is 11.0. The molecule has 0 spiro atoms. The molecule has 0 bridgehead atoms. The molecule has 0 atom stereocenters. The number of pyridine rings is 1. The predicted octanol–water partition coefficient (Wildman–Crippen LogP) is 6.01. The number of aromatic nitrogens is 1. The minimum absolute atomic E-state index is 0. The SMILES string of the molecule is CC#N.[Ru+2].[S-]c1ccccc1SCc1cccc(CSc2ccccc2[S-])n1. The van der Waals surface area contributed by atoms with E-state index in [9.17, 15) is 0 Å². The summed E-state index contributed by atoms with van der Waals surface area (Å²) in [5, 5.41) is 7.32. The molecule has 0 N–H and O–H groups in total. The van der Waals surface area contributed by atoms with E-state index in [0.717, 1.165) is 42.5 Å². The summed E-state index contributed by atoms with van der Waals surface area (Å²) in [6, 6.07) is 24.0. The van der Waals surface area contributed by atoms with Gasteiger partial charge in [0.1, 0.15) is 0 Å². The summed E-state index contributed by atoms with van der Waals surface area (Å²) < 4.78 is 0. The van der Waals surface area contributed by atoms with Crippen molar-refractivity contribution in [3.05, 3.63) is 78.1 Å². The quantitative estimate of drug-likeness (QED) is 0.222. The first-order chi connectivity index (χ1) is 13.1. The van der Waals surface area contributed by atoms with E-state index in [0.29, 0.717) is 0 Å². The van der Waals surface area contributed by atoms with Crippen LogP contribution in [0.3, 0.4) is 0 Å². The van der Waals surface area contributed by atoms with Gasteiger partial charge in [-0.1, -0.05) is 54.6 Å². The second kappa shape index (κ2) is 13.9. The van der Waals surface area contributed by atoms with Crippen LogP contribution in [0.4, 0.5) is 0 Å². The van der Waals surface area contributed by atoms with Crippen LogP contribution in [0.2, 0.25) is 0 Å². The summed E-state index contributed by atoms with van der Waals surface area (Å²) in [6.45, 7) is 1.43. The Morgan fingerprint density at radius 2 is 1.18 bits per heavy atom. The van der Waals surface area contributed by atoms with E-state index in [1.807, 2.05) is 36.4 Å². The monoisotopic (exact) mass is 528 g/mol. The Labute approximate surface area is 199 Å². The molecule has 7 heteroatoms. The van der Waals surface area contributed by atoms with Crippen LogP contribution in [0.15, 0.2) is 86.3 Å². The zero-order valence-electron chi connectivity index (χ0n) is 15.1. The molecule has 0 saturated heterocycles. The minimum atomic E-state index is 0. The number of thioether (sulfide) groups is 2. The molecule has 1 heterocycles. The van der Waals surface area contributed by atoms with Gasteiger partial charge in [0, 0.05) is 18.4 Å². The van der Waals surface area contributed by atoms with Gasteiger partial charge in [0.05, 0.1) is 17.5 Å². The topological polar surface area (TPSA) is 36.7 Å². The van der Waals surface area contributed by atoms with Crippen LogP contribution in [0, 0.1) is 11.3 Å². The van der Waals surface area contributed by atoms with Crippen LogP contribution in [-0.2, 0) is 56.2 Å². The average Bonchev–Trinajstić information content (AvgIpc) is 2.68. The molecule has 28 heavy (non-hydrogen) atoms. The van der Waals surface area contributed by atoms with E-state index in [1.165, 1.54) is 6.92 Å². The molecule has 0 fully saturated rings. The molecule has 0 aliphatic heterocycles. The number of hydrogen-bond donors (Lipinski definition) is 0. The normalized spacial score (nSPS) is 9.43. The fourth-order valence-corrected chi connectivity index (χ4v) is 4.48. The molecule has 0 radical (unpaired) electrons. The Hall–Kier alpha value is -1.16. The summed E-state index contributed by atoms with van der Waals surface area (Å²) in [4.78, 5) is 8.82. The number of hydrogen-bond acceptors (Lipinski definition) is 6. The molecule has 1 aromatic heterocycles. The smallest absolute Gasteiger partial charge is 0.779 e. The van der Waals surface area contributed by atoms with Crippen LogP contribution in [0.25, 0.3) is 0 Å². The van der Waals surface area contributed by atoms with Crippen molar-refractivity contribution in [3.8, 4) is 6.07 Å². The van der Waals surface area contributed by atoms with Crippen LogP contribution in [-0.4, -0.2) is 4.98 Å². The molecule has 3 rings (SSSR count). The van der Waals surface area contributed by atoms with E-state index < -0.39 is 0 Å². The molecule has 144 valence electrons. The van der Waals surface area contributed by atoms with Gasteiger partial charge >= 0.3 is 19.5 Å². The molecular weight excluding hydrogens is 510 g/mol. The predicted molar refractivity (Wildman–Crippen MR) is 119 cm³/mol. The van der Waals surface area contributed by atoms with E-state index in [1.54, 1.807) is 29.6 Å². The van der Waals surface area contributed by atoms with Crippen LogP contribution >= 0.6 is 23.5 Å². The van der Waals surface area contributed by atoms with Gasteiger partial charge in [-0.15, -0.1) is 23.5 Å². The molecule has 0 aliphatic rings. The van der Waals surface area contributed by atoms with Gasteiger partial charge in [-0.25, -0.2) is 0 Å². The van der Waals surface area contributed by atoms with Crippen LogP contribution < -0.4 is 0 Å². The number of rotatable bonds is 6. The van der Waals surface area contributed by atoms with E-state index in [2.05, 4.69) is 30.3 Å². The summed E-state index contributed by atoms with van der Waals surface area (Å²) in [7, 11) is 0. The number of nitriles is 1. The third-order valence-electron chi connectivity index (χ3n) is 3.31. The largest absolute Gasteiger partial charge is 2.00 e. The summed E-state index contributed by atoms with van der Waals surface area (Å²) in [5.41, 5.74) is 2.14. The maximum Gasteiger partial charge on any atom is 2.00 e. The first kappa shape index (κ1) is 24.9. The second-order valence-electron chi connectivity index (χ2n) is 5.31. The van der Waals surface area contributed by atoms with Crippen LogP contribution in [0.1, 0.15) is 18.3 Å². The van der Waals surface area contributed by atoms with Crippen molar-refractivity contribution in [2.75, 3.05) is 0 Å². The Kier molecular flexibility index (Phi) is 12.4. The summed E-state index contributed by atoms with van der Waals surface area (Å²) >= 11 is 14.2. The minimum Gasteiger partial charge on any atom is -0.779 e. The average molecular weight is 528 g/mol. The van der Waals surface area contributed by atoms with Gasteiger partial charge in [-0.2, -0.15) is 15.1 Å². The van der Waals surface area contributed by atoms with E-state index >= 15 is 0 Å². The van der Waals surface area contributed by atoms with Gasteiger partial charge in [0.2, 0.25) is 0 Å². The fourth-order valence-electron chi connectivity index (χ4n) is 2.13. The van der Waals surface area contributed by atoms with Gasteiger partial charge < -0.3 is 25.3 Å². The molecule has 2 aromatic carbocycles. The zero-order chi connectivity index (χ0) is 19.5. The molecule has 0 aliphatic carbocycles. The van der Waals surface area contributed by atoms with Crippen molar-refractivity contribution in [2.45, 2.75) is 38.0 Å². The van der Waals surface area contributed by atoms with Crippen molar-refractivity contribution in [3.63, 3.8) is 0 Å². The van der Waals surface area contributed by atoms with E-state index in [4.69, 9.17) is 35.5 Å². The maximum atomic E-state index is 7.32. The molecule has 0 unspecified atom stereocenters. The first-order valence-electron chi connectivity index (χ1n) is 8.17. The fraction of sp³-hybridized carbons (Fsp3) is 0.143. The third kappa shape index (κ3) is 8.47. The van der Waals surface area contributed by atoms with Gasteiger partial charge in [-0.05, 0) is 21.9 Å². The van der Waals surface area contributed by atoms with Crippen molar-refractivity contribution in [1.82, 2.24) is 4.98 Å². The second-order valence-corrected chi connectivity index (χ2v) is 8.23. The van der Waals surface area contributed by atoms with Crippen molar-refractivity contribution in [1.29, 1.82) is 5.26 Å². The number of benzene rings is 2. The van der Waals surface area contributed by atoms with Gasteiger partial charge in [0.25, 0.3) is 0 Å². The van der Waals surface area contributed by atoms with Gasteiger partial charge in [-0.3, -0.25) is 4.98 Å². The van der Waals surface area contributed by atoms with Gasteiger partial charge in [0.15, 0.2) is 0 Å². The van der Waals surface area contributed by atoms with Crippen molar-refractivity contribution < 1.29 is 19.5 Å². The molecular formula is C21H18N2RuS4. The summed E-state index contributed by atoms with van der Waals surface area (Å²) in [6.07, 6.45) is 0. The Bertz CT molecular complexity index is 848. The van der Waals surface area contributed by atoms with Crippen LogP contribution in [0.5, 0.6) is 0 Å². The Balaban J connectivity index is 0.000000921. The van der Waals surface area contributed by atoms with E-state index in [-0.39, 0.29) is 19.5 Å². The Morgan fingerprint density at radius 3 is 1.57 bits per heavy atom. The molecule has 0 amide bonds. The van der Waals surface area contributed by atoms with Crippen molar-refractivity contribution in [2.24, 2.45) is 0 Å². The van der Waals surface area contributed by atoms with Crippen molar-refractivity contribution >= 4 is 48.8 Å². The summed E-state index contributed by atoms with van der Waals surface area (Å²) in [5.74, 6) is 1.65. The molecule has 3 aromatic rings. The Morgan fingerprint density at radius 1 is 0.786 bits per heavy atom. The molecule has 2 nitrogen and oxygen atoms in total. The standard InChI is InChI=1S/C19H17NS4.C2H3N.Ru/c21-16-8-1-3-10-18(16)23-12-14-6-5-7-15(20-14)13-24-19-11-4-2-9-17(19)22;1-2-3;/h1-11,21-22H,12-13H2;1H3;/q;;+2/p-2. The zero-order valence-corrected chi connectivity index (χ0v) is 20.2. The molecule has 0 saturated carbocycles. The number of nitrogens with zero attached hydrogens (tertiary/aromatic N) is 2. The third-order valence-corrected chi connectivity index (χ3v) is 6.50.